The highest BCUT2D eigenvalue weighted by Gasteiger charge is 2.44. The van der Waals surface area contributed by atoms with Crippen LogP contribution in [-0.2, 0) is 6.61 Å². The van der Waals surface area contributed by atoms with Crippen LogP contribution in [0.4, 0.5) is 4.79 Å². The van der Waals surface area contributed by atoms with Crippen molar-refractivity contribution in [3.63, 3.8) is 0 Å². The summed E-state index contributed by atoms with van der Waals surface area (Å²) in [6.45, 7) is 0.485. The zero-order valence-corrected chi connectivity index (χ0v) is 16.2. The number of ether oxygens (including phenoxy) is 2. The summed E-state index contributed by atoms with van der Waals surface area (Å²) in [5.74, 6) is 1.13. The molecule has 3 aliphatic heterocycles. The van der Waals surface area contributed by atoms with Gasteiger partial charge in [0.1, 0.15) is 12.7 Å². The number of carbonyl (C=O) groups is 1. The van der Waals surface area contributed by atoms with Crippen LogP contribution in [0.3, 0.4) is 0 Å². The normalized spacial score (nSPS) is 25.4. The second kappa shape index (κ2) is 6.41. The lowest BCUT2D eigenvalue weighted by Gasteiger charge is -2.36. The topological polar surface area (TPSA) is 71.9 Å². The van der Waals surface area contributed by atoms with E-state index < -0.39 is 6.09 Å². The van der Waals surface area contributed by atoms with E-state index in [-0.39, 0.29) is 18.2 Å². The molecule has 1 amide bonds. The van der Waals surface area contributed by atoms with E-state index in [1.54, 1.807) is 4.90 Å². The Hall–Kier alpha value is -2.28. The Bertz CT molecular complexity index is 905. The van der Waals surface area contributed by atoms with Crippen molar-refractivity contribution in [3.05, 3.63) is 40.4 Å². The number of pyridine rings is 1. The molecule has 1 aromatic carbocycles. The lowest BCUT2D eigenvalue weighted by molar-refractivity contribution is 0.0474. The van der Waals surface area contributed by atoms with Crippen molar-refractivity contribution in [2.24, 2.45) is 0 Å². The molecule has 1 unspecified atom stereocenters. The SMILES string of the molecule is O=C(O)N1[C@@H]2CC[C@H]1CC(Oc1ccc3c(n1)OCc1cc(Br)ccc1-3)C2. The molecule has 4 heterocycles. The van der Waals surface area contributed by atoms with Crippen LogP contribution in [0.2, 0.25) is 0 Å². The molecule has 5 rings (SSSR count). The van der Waals surface area contributed by atoms with E-state index in [9.17, 15) is 9.90 Å². The Morgan fingerprint density at radius 1 is 1.19 bits per heavy atom. The zero-order chi connectivity index (χ0) is 18.5. The molecule has 0 aliphatic carbocycles. The first-order chi connectivity index (χ1) is 13.1. The van der Waals surface area contributed by atoms with E-state index in [2.05, 4.69) is 33.0 Å². The van der Waals surface area contributed by atoms with Crippen LogP contribution in [0.1, 0.15) is 31.2 Å². The molecule has 7 heteroatoms. The highest BCUT2D eigenvalue weighted by atomic mass is 79.9. The number of piperidine rings is 1. The molecule has 1 N–H and O–H groups in total. The van der Waals surface area contributed by atoms with Gasteiger partial charge in [-0.1, -0.05) is 22.0 Å². The van der Waals surface area contributed by atoms with Crippen LogP contribution in [-0.4, -0.2) is 39.3 Å². The molecular formula is C20H19BrN2O4. The number of amides is 1. The minimum absolute atomic E-state index is 0.00418. The Labute approximate surface area is 165 Å². The summed E-state index contributed by atoms with van der Waals surface area (Å²) < 4.78 is 13.0. The minimum Gasteiger partial charge on any atom is -0.474 e. The molecule has 2 saturated heterocycles. The van der Waals surface area contributed by atoms with Crippen LogP contribution in [0.25, 0.3) is 11.1 Å². The van der Waals surface area contributed by atoms with E-state index in [4.69, 9.17) is 9.47 Å². The van der Waals surface area contributed by atoms with E-state index in [1.165, 1.54) is 0 Å². The Kier molecular flexibility index (Phi) is 4.00. The maximum absolute atomic E-state index is 11.4. The predicted octanol–water partition coefficient (Wildman–Crippen LogP) is 4.46. The van der Waals surface area contributed by atoms with Crippen LogP contribution >= 0.6 is 15.9 Å². The van der Waals surface area contributed by atoms with Gasteiger partial charge in [0.2, 0.25) is 11.8 Å². The molecule has 6 nitrogen and oxygen atoms in total. The Morgan fingerprint density at radius 3 is 2.67 bits per heavy atom. The standard InChI is InChI=1S/C20H19BrN2O4/c21-12-1-4-16-11(7-12)10-26-19-17(16)5-6-18(22-19)27-15-8-13-2-3-14(9-15)23(13)20(24)25/h1,4-7,13-15H,2-3,8-10H2,(H,24,25)/t13-,14+,15?. The Balaban J connectivity index is 1.35. The smallest absolute Gasteiger partial charge is 0.407 e. The van der Waals surface area contributed by atoms with E-state index in [0.717, 1.165) is 46.8 Å². The van der Waals surface area contributed by atoms with Crippen molar-refractivity contribution in [2.75, 3.05) is 0 Å². The fourth-order valence-corrected chi connectivity index (χ4v) is 5.01. The summed E-state index contributed by atoms with van der Waals surface area (Å²) in [5, 5.41) is 9.38. The van der Waals surface area contributed by atoms with Crippen LogP contribution in [0, 0.1) is 0 Å². The first-order valence-electron chi connectivity index (χ1n) is 9.19. The first kappa shape index (κ1) is 16.9. The average Bonchev–Trinajstić information content (AvgIpc) is 2.93. The molecule has 2 bridgehead atoms. The third kappa shape index (κ3) is 2.94. The van der Waals surface area contributed by atoms with Crippen LogP contribution < -0.4 is 9.47 Å². The summed E-state index contributed by atoms with van der Waals surface area (Å²) in [5.41, 5.74) is 3.23. The largest absolute Gasteiger partial charge is 0.474 e. The van der Waals surface area contributed by atoms with Gasteiger partial charge in [0.25, 0.3) is 0 Å². The van der Waals surface area contributed by atoms with E-state index in [0.29, 0.717) is 18.4 Å². The van der Waals surface area contributed by atoms with Crippen molar-refractivity contribution in [3.8, 4) is 22.9 Å². The predicted molar refractivity (Wildman–Crippen MR) is 102 cm³/mol. The summed E-state index contributed by atoms with van der Waals surface area (Å²) in [7, 11) is 0. The van der Waals surface area contributed by atoms with Crippen molar-refractivity contribution >= 4 is 22.0 Å². The number of hydrogen-bond acceptors (Lipinski definition) is 4. The second-order valence-corrected chi connectivity index (χ2v) is 8.29. The quantitative estimate of drug-likeness (QED) is 0.761. The number of nitrogens with zero attached hydrogens (tertiary/aromatic N) is 2. The van der Waals surface area contributed by atoms with Gasteiger partial charge in [-0.25, -0.2) is 4.79 Å². The van der Waals surface area contributed by atoms with Gasteiger partial charge in [-0.2, -0.15) is 4.98 Å². The van der Waals surface area contributed by atoms with Gasteiger partial charge in [-0.05, 0) is 42.2 Å². The fourth-order valence-electron chi connectivity index (χ4n) is 4.60. The third-order valence-electron chi connectivity index (χ3n) is 5.75. The number of halogens is 1. The average molecular weight is 431 g/mol. The van der Waals surface area contributed by atoms with E-state index in [1.807, 2.05) is 18.2 Å². The van der Waals surface area contributed by atoms with Gasteiger partial charge in [-0.15, -0.1) is 0 Å². The van der Waals surface area contributed by atoms with E-state index >= 15 is 0 Å². The van der Waals surface area contributed by atoms with Gasteiger partial charge in [0, 0.05) is 41.0 Å². The number of benzene rings is 1. The third-order valence-corrected chi connectivity index (χ3v) is 6.25. The summed E-state index contributed by atoms with van der Waals surface area (Å²) in [4.78, 5) is 17.6. The highest BCUT2D eigenvalue weighted by Crippen LogP contribution is 2.40. The lowest BCUT2D eigenvalue weighted by atomic mass is 9.99. The van der Waals surface area contributed by atoms with Gasteiger partial charge < -0.3 is 19.5 Å². The number of fused-ring (bicyclic) bond motifs is 5. The summed E-state index contributed by atoms with van der Waals surface area (Å²) >= 11 is 3.49. The summed E-state index contributed by atoms with van der Waals surface area (Å²) in [6, 6.07) is 10.1. The zero-order valence-electron chi connectivity index (χ0n) is 14.6. The molecule has 140 valence electrons. The van der Waals surface area contributed by atoms with Crippen LogP contribution in [0.15, 0.2) is 34.8 Å². The first-order valence-corrected chi connectivity index (χ1v) is 9.98. The maximum atomic E-state index is 11.4. The van der Waals surface area contributed by atoms with Gasteiger partial charge in [0.15, 0.2) is 0 Å². The number of rotatable bonds is 2. The van der Waals surface area contributed by atoms with Gasteiger partial charge in [-0.3, -0.25) is 0 Å². The molecule has 3 atom stereocenters. The molecule has 0 saturated carbocycles. The monoisotopic (exact) mass is 430 g/mol. The number of carboxylic acid groups (broad SMARTS) is 1. The molecule has 1 aromatic heterocycles. The maximum Gasteiger partial charge on any atom is 0.407 e. The van der Waals surface area contributed by atoms with Crippen molar-refractivity contribution in [1.29, 1.82) is 0 Å². The minimum atomic E-state index is -0.813. The molecular weight excluding hydrogens is 412 g/mol. The number of aromatic nitrogens is 1. The molecule has 0 spiro atoms. The van der Waals surface area contributed by atoms with Crippen molar-refractivity contribution < 1.29 is 19.4 Å². The summed E-state index contributed by atoms with van der Waals surface area (Å²) in [6.07, 6.45) is 2.47. The molecule has 0 radical (unpaired) electrons. The second-order valence-electron chi connectivity index (χ2n) is 7.38. The lowest BCUT2D eigenvalue weighted by Crippen LogP contribution is -2.48. The fraction of sp³-hybridized carbons (Fsp3) is 0.400. The van der Waals surface area contributed by atoms with Gasteiger partial charge >= 0.3 is 6.09 Å². The molecule has 3 aliphatic rings. The van der Waals surface area contributed by atoms with Crippen molar-refractivity contribution in [2.45, 2.75) is 50.5 Å². The van der Waals surface area contributed by atoms with Gasteiger partial charge in [0.05, 0.1) is 0 Å². The number of hydrogen-bond donors (Lipinski definition) is 1. The Morgan fingerprint density at radius 2 is 1.93 bits per heavy atom. The molecule has 27 heavy (non-hydrogen) atoms. The molecule has 2 fully saturated rings. The highest BCUT2D eigenvalue weighted by molar-refractivity contribution is 9.10. The van der Waals surface area contributed by atoms with Crippen LogP contribution in [0.5, 0.6) is 11.8 Å². The molecule has 2 aromatic rings. The van der Waals surface area contributed by atoms with Crippen molar-refractivity contribution in [1.82, 2.24) is 9.88 Å².